The largest absolute Gasteiger partial charge is 0.462 e. The summed E-state index contributed by atoms with van der Waals surface area (Å²) in [6, 6.07) is 5.45. The number of rotatable bonds is 12. The molecule has 0 aromatic heterocycles. The molecule has 1 aromatic rings. The molecule has 12 heteroatoms. The van der Waals surface area contributed by atoms with Gasteiger partial charge in [-0.3, -0.25) is 4.79 Å². The molecule has 1 heterocycles. The fraction of sp³-hybridized carbons (Fsp3) is 0.680. The number of halogens is 1. The summed E-state index contributed by atoms with van der Waals surface area (Å²) in [5, 5.41) is 44.2. The van der Waals surface area contributed by atoms with E-state index in [0.717, 1.165) is 19.3 Å². The van der Waals surface area contributed by atoms with Crippen molar-refractivity contribution in [3.8, 4) is 5.75 Å². The number of aliphatic hydroxyl groups excluding tert-OH is 4. The number of unbranched alkanes of at least 4 members (excludes halogenated alkanes) is 3. The first kappa shape index (κ1) is 30.7. The van der Waals surface area contributed by atoms with Crippen molar-refractivity contribution in [2.45, 2.75) is 88.9 Å². The van der Waals surface area contributed by atoms with Crippen LogP contribution in [0.4, 0.5) is 9.18 Å². The Morgan fingerprint density at radius 2 is 1.57 bits per heavy atom. The molecule has 0 saturated carbocycles. The Balaban J connectivity index is 1.67. The smallest absolute Gasteiger partial charge is 0.407 e. The number of hydrogen-bond donors (Lipinski definition) is 6. The molecule has 2 amide bonds. The lowest BCUT2D eigenvalue weighted by molar-refractivity contribution is -0.277. The summed E-state index contributed by atoms with van der Waals surface area (Å²) in [5.74, 6) is -0.601. The van der Waals surface area contributed by atoms with Crippen molar-refractivity contribution in [2.24, 2.45) is 0 Å². The van der Waals surface area contributed by atoms with E-state index in [4.69, 9.17) is 14.2 Å². The van der Waals surface area contributed by atoms with Gasteiger partial charge in [-0.05, 0) is 51.3 Å². The minimum absolute atomic E-state index is 0.104. The van der Waals surface area contributed by atoms with Gasteiger partial charge in [0.25, 0.3) is 5.91 Å². The molecule has 1 saturated heterocycles. The summed E-state index contributed by atoms with van der Waals surface area (Å²) < 4.78 is 30.5. The van der Waals surface area contributed by atoms with Crippen LogP contribution in [0.25, 0.3) is 0 Å². The average molecular weight is 531 g/mol. The highest BCUT2D eigenvalue weighted by Crippen LogP contribution is 2.26. The van der Waals surface area contributed by atoms with E-state index in [0.29, 0.717) is 19.5 Å². The molecule has 0 aliphatic carbocycles. The van der Waals surface area contributed by atoms with E-state index in [2.05, 4.69) is 10.6 Å². The van der Waals surface area contributed by atoms with Crippen LogP contribution in [0.3, 0.4) is 0 Å². The van der Waals surface area contributed by atoms with Gasteiger partial charge in [0.15, 0.2) is 0 Å². The van der Waals surface area contributed by atoms with Crippen LogP contribution in [0.5, 0.6) is 5.75 Å². The number of alkyl carbamates (subject to hydrolysis) is 1. The van der Waals surface area contributed by atoms with Gasteiger partial charge in [0.1, 0.15) is 35.8 Å². The monoisotopic (exact) mass is 530 g/mol. The fourth-order valence-corrected chi connectivity index (χ4v) is 3.57. The standard InChI is InChI=1S/C25H39FN2O9/c1-25(2,3)37-24(34)28-13-7-5-4-6-12-27-22(33)18(26)15-8-10-16(11-9-15)35-23-21(32)20(31)19(30)17(14-29)36-23/h8-11,17-21,23,29-32H,4-7,12-14H2,1-3H3,(H,27,33)(H,28,34). The van der Waals surface area contributed by atoms with Gasteiger partial charge in [0.05, 0.1) is 6.61 Å². The van der Waals surface area contributed by atoms with Gasteiger partial charge >= 0.3 is 6.09 Å². The Morgan fingerprint density at radius 3 is 2.14 bits per heavy atom. The number of carbonyl (C=O) groups is 2. The zero-order valence-electron chi connectivity index (χ0n) is 21.4. The minimum atomic E-state index is -1.89. The third-order valence-corrected chi connectivity index (χ3v) is 5.57. The summed E-state index contributed by atoms with van der Waals surface area (Å²) in [6.07, 6.45) is -6.42. The maximum absolute atomic E-state index is 14.6. The molecule has 1 aromatic carbocycles. The van der Waals surface area contributed by atoms with E-state index in [1.807, 2.05) is 0 Å². The number of ether oxygens (including phenoxy) is 3. The molecule has 210 valence electrons. The van der Waals surface area contributed by atoms with Crippen LogP contribution >= 0.6 is 0 Å². The van der Waals surface area contributed by atoms with Crippen molar-refractivity contribution < 1.29 is 48.6 Å². The molecule has 6 N–H and O–H groups in total. The van der Waals surface area contributed by atoms with Gasteiger partial charge in [0.2, 0.25) is 12.5 Å². The Morgan fingerprint density at radius 1 is 0.973 bits per heavy atom. The lowest BCUT2D eigenvalue weighted by Gasteiger charge is -2.39. The predicted molar refractivity (Wildman–Crippen MR) is 130 cm³/mol. The molecular weight excluding hydrogens is 491 g/mol. The maximum Gasteiger partial charge on any atom is 0.407 e. The third kappa shape index (κ3) is 10.0. The van der Waals surface area contributed by atoms with E-state index in [9.17, 15) is 34.4 Å². The molecule has 11 nitrogen and oxygen atoms in total. The molecular formula is C25H39FN2O9. The Kier molecular flexibility index (Phi) is 12.0. The third-order valence-electron chi connectivity index (χ3n) is 5.57. The maximum atomic E-state index is 14.6. The molecule has 0 spiro atoms. The van der Waals surface area contributed by atoms with Gasteiger partial charge in [-0.25, -0.2) is 9.18 Å². The van der Waals surface area contributed by atoms with Crippen molar-refractivity contribution in [3.63, 3.8) is 0 Å². The Labute approximate surface area is 215 Å². The normalized spacial score (nSPS) is 24.7. The SMILES string of the molecule is CC(C)(C)OC(=O)NCCCCCCNC(=O)C(F)c1ccc(OC2OC(CO)C(O)C(O)C2O)cc1. The van der Waals surface area contributed by atoms with Crippen molar-refractivity contribution >= 4 is 12.0 Å². The number of alkyl halides is 1. The van der Waals surface area contributed by atoms with Crippen molar-refractivity contribution in [1.82, 2.24) is 10.6 Å². The molecule has 1 fully saturated rings. The average Bonchev–Trinajstić information content (AvgIpc) is 2.84. The molecule has 1 aliphatic heterocycles. The van der Waals surface area contributed by atoms with E-state index < -0.39 is 61.1 Å². The first-order valence-electron chi connectivity index (χ1n) is 12.4. The van der Waals surface area contributed by atoms with Crippen LogP contribution in [0, 0.1) is 0 Å². The topological polar surface area (TPSA) is 167 Å². The van der Waals surface area contributed by atoms with Crippen LogP contribution in [0.1, 0.15) is 58.2 Å². The van der Waals surface area contributed by atoms with E-state index in [1.54, 1.807) is 20.8 Å². The number of amides is 2. The van der Waals surface area contributed by atoms with Gasteiger partial charge in [-0.1, -0.05) is 25.0 Å². The van der Waals surface area contributed by atoms with E-state index in [1.165, 1.54) is 24.3 Å². The lowest BCUT2D eigenvalue weighted by atomic mass is 9.99. The molecule has 0 bridgehead atoms. The number of benzene rings is 1. The minimum Gasteiger partial charge on any atom is -0.462 e. The lowest BCUT2D eigenvalue weighted by Crippen LogP contribution is -2.60. The summed E-state index contributed by atoms with van der Waals surface area (Å²) >= 11 is 0. The van der Waals surface area contributed by atoms with Crippen molar-refractivity contribution in [2.75, 3.05) is 19.7 Å². The van der Waals surface area contributed by atoms with Crippen LogP contribution in [0.2, 0.25) is 0 Å². The number of aliphatic hydroxyl groups is 4. The van der Waals surface area contributed by atoms with Crippen molar-refractivity contribution in [1.29, 1.82) is 0 Å². The van der Waals surface area contributed by atoms with Gasteiger partial charge < -0.3 is 45.3 Å². The van der Waals surface area contributed by atoms with E-state index in [-0.39, 0.29) is 11.3 Å². The molecule has 0 radical (unpaired) electrons. The number of carbonyl (C=O) groups excluding carboxylic acids is 2. The second kappa shape index (κ2) is 14.4. The van der Waals surface area contributed by atoms with Crippen LogP contribution in [-0.4, -0.2) is 88.4 Å². The second-order valence-corrected chi connectivity index (χ2v) is 9.88. The molecule has 37 heavy (non-hydrogen) atoms. The quantitative estimate of drug-likeness (QED) is 0.217. The summed E-state index contributed by atoms with van der Waals surface area (Å²) in [6.45, 7) is 5.59. The Hall–Kier alpha value is -2.51. The predicted octanol–water partition coefficient (Wildman–Crippen LogP) is 1.08. The fourth-order valence-electron chi connectivity index (χ4n) is 3.57. The number of nitrogens with one attached hydrogen (secondary N) is 2. The first-order chi connectivity index (χ1) is 17.4. The van der Waals surface area contributed by atoms with Crippen molar-refractivity contribution in [3.05, 3.63) is 29.8 Å². The molecule has 2 rings (SSSR count). The van der Waals surface area contributed by atoms with Crippen LogP contribution in [0.15, 0.2) is 24.3 Å². The van der Waals surface area contributed by atoms with E-state index >= 15 is 0 Å². The molecule has 6 unspecified atom stereocenters. The van der Waals surface area contributed by atoms with Gasteiger partial charge in [0, 0.05) is 13.1 Å². The highest BCUT2D eigenvalue weighted by molar-refractivity contribution is 5.82. The summed E-state index contributed by atoms with van der Waals surface area (Å²) in [7, 11) is 0. The highest BCUT2D eigenvalue weighted by Gasteiger charge is 2.44. The highest BCUT2D eigenvalue weighted by atomic mass is 19.1. The van der Waals surface area contributed by atoms with Gasteiger partial charge in [-0.15, -0.1) is 0 Å². The second-order valence-electron chi connectivity index (χ2n) is 9.88. The zero-order chi connectivity index (χ0) is 27.6. The summed E-state index contributed by atoms with van der Waals surface area (Å²) in [5.41, 5.74) is -0.438. The van der Waals surface area contributed by atoms with Crippen LogP contribution < -0.4 is 15.4 Å². The Bertz CT molecular complexity index is 848. The number of hydrogen-bond acceptors (Lipinski definition) is 9. The first-order valence-corrected chi connectivity index (χ1v) is 12.4. The van der Waals surface area contributed by atoms with Crippen LogP contribution in [-0.2, 0) is 14.3 Å². The summed E-state index contributed by atoms with van der Waals surface area (Å²) in [4.78, 5) is 23.7. The zero-order valence-corrected chi connectivity index (χ0v) is 21.4. The molecule has 6 atom stereocenters. The van der Waals surface area contributed by atoms with Gasteiger partial charge in [-0.2, -0.15) is 0 Å². The molecule has 1 aliphatic rings.